The van der Waals surface area contributed by atoms with Crippen molar-refractivity contribution in [3.63, 3.8) is 0 Å². The summed E-state index contributed by atoms with van der Waals surface area (Å²) in [5, 5.41) is 4.12. The van der Waals surface area contributed by atoms with Crippen molar-refractivity contribution >= 4 is 22.7 Å². The highest BCUT2D eigenvalue weighted by Crippen LogP contribution is 2.44. The summed E-state index contributed by atoms with van der Waals surface area (Å²) in [6, 6.07) is 24.8. The van der Waals surface area contributed by atoms with E-state index in [-0.39, 0.29) is 17.9 Å². The van der Waals surface area contributed by atoms with E-state index >= 15 is 0 Å². The molecule has 0 bridgehead atoms. The average molecular weight is 438 g/mol. The number of fused-ring (bicyclic) bond motifs is 2. The van der Waals surface area contributed by atoms with Crippen LogP contribution in [0.25, 0.3) is 10.9 Å². The van der Waals surface area contributed by atoms with Gasteiger partial charge in [0, 0.05) is 41.3 Å². The summed E-state index contributed by atoms with van der Waals surface area (Å²) in [5.74, 6) is -0.270. The second-order valence-corrected chi connectivity index (χ2v) is 8.66. The van der Waals surface area contributed by atoms with Gasteiger partial charge in [-0.15, -0.1) is 0 Å². The maximum atomic E-state index is 13.6. The standard InChI is InChI=1S/C28H27N3O2/c1-18-25(23-15-9-10-16-24(23)30(18)3)26-21-13-7-8-14-22(21)28(33)31(26)19(2)27(32)29-17-20-11-5-4-6-12-20/h4-16,19,26H,17H2,1-3H3,(H,29,32). The maximum absolute atomic E-state index is 13.6. The van der Waals surface area contributed by atoms with Crippen molar-refractivity contribution < 1.29 is 9.59 Å². The zero-order valence-corrected chi connectivity index (χ0v) is 19.1. The quantitative estimate of drug-likeness (QED) is 0.490. The maximum Gasteiger partial charge on any atom is 0.255 e. The molecule has 1 N–H and O–H groups in total. The number of aryl methyl sites for hydroxylation is 1. The van der Waals surface area contributed by atoms with Gasteiger partial charge in [0.05, 0.1) is 6.04 Å². The van der Waals surface area contributed by atoms with Crippen LogP contribution in [-0.4, -0.2) is 27.3 Å². The number of benzene rings is 3. The number of nitrogens with one attached hydrogen (secondary N) is 1. The van der Waals surface area contributed by atoms with E-state index in [2.05, 4.69) is 28.9 Å². The van der Waals surface area contributed by atoms with Crippen molar-refractivity contribution in [3.8, 4) is 0 Å². The van der Waals surface area contributed by atoms with Crippen molar-refractivity contribution in [2.24, 2.45) is 7.05 Å². The van der Waals surface area contributed by atoms with E-state index in [0.29, 0.717) is 12.1 Å². The number of hydrogen-bond donors (Lipinski definition) is 1. The van der Waals surface area contributed by atoms with Crippen molar-refractivity contribution in [2.75, 3.05) is 0 Å². The highest BCUT2D eigenvalue weighted by Gasteiger charge is 2.43. The van der Waals surface area contributed by atoms with E-state index < -0.39 is 6.04 Å². The minimum atomic E-state index is -0.628. The molecule has 5 rings (SSSR count). The van der Waals surface area contributed by atoms with E-state index in [9.17, 15) is 9.59 Å². The van der Waals surface area contributed by atoms with Gasteiger partial charge < -0.3 is 14.8 Å². The first-order valence-electron chi connectivity index (χ1n) is 11.3. The third-order valence-corrected chi connectivity index (χ3v) is 6.83. The predicted molar refractivity (Wildman–Crippen MR) is 130 cm³/mol. The van der Waals surface area contributed by atoms with Crippen LogP contribution >= 0.6 is 0 Å². The Morgan fingerprint density at radius 3 is 2.42 bits per heavy atom. The molecule has 0 radical (unpaired) electrons. The molecule has 1 aliphatic rings. The number of carbonyl (C=O) groups is 2. The molecular formula is C28H27N3O2. The molecule has 1 aromatic heterocycles. The van der Waals surface area contributed by atoms with Crippen LogP contribution in [0, 0.1) is 6.92 Å². The van der Waals surface area contributed by atoms with Crippen LogP contribution in [0.1, 0.15) is 45.7 Å². The minimum Gasteiger partial charge on any atom is -0.350 e. The first-order valence-corrected chi connectivity index (χ1v) is 11.3. The fourth-order valence-electron chi connectivity index (χ4n) is 4.98. The molecule has 1 aliphatic heterocycles. The number of nitrogens with zero attached hydrogens (tertiary/aromatic N) is 2. The molecule has 0 saturated heterocycles. The van der Waals surface area contributed by atoms with Crippen molar-refractivity contribution in [3.05, 3.63) is 107 Å². The van der Waals surface area contributed by atoms with Crippen LogP contribution in [0.3, 0.4) is 0 Å². The molecule has 2 atom stereocenters. The smallest absolute Gasteiger partial charge is 0.255 e. The van der Waals surface area contributed by atoms with Crippen molar-refractivity contribution in [2.45, 2.75) is 32.5 Å². The summed E-state index contributed by atoms with van der Waals surface area (Å²) in [6.07, 6.45) is 0. The Morgan fingerprint density at radius 1 is 0.970 bits per heavy atom. The predicted octanol–water partition coefficient (Wildman–Crippen LogP) is 4.74. The van der Waals surface area contributed by atoms with Gasteiger partial charge in [-0.3, -0.25) is 9.59 Å². The summed E-state index contributed by atoms with van der Waals surface area (Å²) >= 11 is 0. The molecule has 2 heterocycles. The first-order chi connectivity index (χ1) is 16.0. The molecule has 0 spiro atoms. The Kier molecular flexibility index (Phi) is 5.25. The SMILES string of the molecule is Cc1c(C2c3ccccc3C(=O)N2C(C)C(=O)NCc2ccccc2)c2ccccc2n1C. The number of rotatable bonds is 5. The van der Waals surface area contributed by atoms with Gasteiger partial charge in [0.25, 0.3) is 5.91 Å². The number of aromatic nitrogens is 1. The van der Waals surface area contributed by atoms with Gasteiger partial charge in [-0.1, -0.05) is 66.7 Å². The van der Waals surface area contributed by atoms with Gasteiger partial charge in [0.2, 0.25) is 5.91 Å². The van der Waals surface area contributed by atoms with E-state index in [1.807, 2.05) is 80.7 Å². The van der Waals surface area contributed by atoms with Gasteiger partial charge in [-0.05, 0) is 37.1 Å². The van der Waals surface area contributed by atoms with Crippen LogP contribution in [0.15, 0.2) is 78.9 Å². The van der Waals surface area contributed by atoms with Gasteiger partial charge in [0.15, 0.2) is 0 Å². The Labute approximate surface area is 193 Å². The lowest BCUT2D eigenvalue weighted by Crippen LogP contribution is -2.47. The molecule has 2 unspecified atom stereocenters. The zero-order chi connectivity index (χ0) is 23.1. The number of para-hydroxylation sites is 1. The Bertz CT molecular complexity index is 1360. The lowest BCUT2D eigenvalue weighted by atomic mass is 9.95. The molecule has 0 saturated carbocycles. The van der Waals surface area contributed by atoms with E-state index in [1.54, 1.807) is 4.90 Å². The minimum absolute atomic E-state index is 0.106. The van der Waals surface area contributed by atoms with Crippen molar-refractivity contribution in [1.29, 1.82) is 0 Å². The lowest BCUT2D eigenvalue weighted by Gasteiger charge is -2.31. The van der Waals surface area contributed by atoms with Gasteiger partial charge >= 0.3 is 0 Å². The van der Waals surface area contributed by atoms with E-state index in [0.717, 1.165) is 33.3 Å². The third kappa shape index (κ3) is 3.41. The molecule has 5 nitrogen and oxygen atoms in total. The Morgan fingerprint density at radius 2 is 1.64 bits per heavy atom. The molecular weight excluding hydrogens is 410 g/mol. The molecule has 5 heteroatoms. The average Bonchev–Trinajstić information content (AvgIpc) is 3.28. The lowest BCUT2D eigenvalue weighted by molar-refractivity contribution is -0.125. The van der Waals surface area contributed by atoms with Crippen molar-refractivity contribution in [1.82, 2.24) is 14.8 Å². The number of amides is 2. The first kappa shape index (κ1) is 21.0. The molecule has 3 aromatic carbocycles. The highest BCUT2D eigenvalue weighted by atomic mass is 16.2. The normalized spacial score (nSPS) is 16.2. The second kappa shape index (κ2) is 8.24. The highest BCUT2D eigenvalue weighted by molar-refractivity contribution is 6.03. The molecule has 33 heavy (non-hydrogen) atoms. The largest absolute Gasteiger partial charge is 0.350 e. The molecule has 4 aromatic rings. The topological polar surface area (TPSA) is 54.3 Å². The van der Waals surface area contributed by atoms with Crippen LogP contribution in [-0.2, 0) is 18.4 Å². The van der Waals surface area contributed by atoms with Crippen LogP contribution in [0.4, 0.5) is 0 Å². The molecule has 166 valence electrons. The second-order valence-electron chi connectivity index (χ2n) is 8.66. The zero-order valence-electron chi connectivity index (χ0n) is 19.1. The van der Waals surface area contributed by atoms with Gasteiger partial charge in [-0.25, -0.2) is 0 Å². The molecule has 0 fully saturated rings. The van der Waals surface area contributed by atoms with E-state index in [4.69, 9.17) is 0 Å². The van der Waals surface area contributed by atoms with Gasteiger partial charge in [0.1, 0.15) is 6.04 Å². The summed E-state index contributed by atoms with van der Waals surface area (Å²) in [5.41, 5.74) is 5.92. The Hall–Kier alpha value is -3.86. The molecule has 2 amide bonds. The fourth-order valence-corrected chi connectivity index (χ4v) is 4.98. The summed E-state index contributed by atoms with van der Waals surface area (Å²) in [7, 11) is 2.05. The fraction of sp³-hybridized carbons (Fsp3) is 0.214. The third-order valence-electron chi connectivity index (χ3n) is 6.83. The van der Waals surface area contributed by atoms with Crippen LogP contribution in [0.2, 0.25) is 0 Å². The van der Waals surface area contributed by atoms with E-state index in [1.165, 1.54) is 0 Å². The Balaban J connectivity index is 1.56. The van der Waals surface area contributed by atoms with Crippen LogP contribution in [0.5, 0.6) is 0 Å². The van der Waals surface area contributed by atoms with Crippen LogP contribution < -0.4 is 5.32 Å². The monoisotopic (exact) mass is 437 g/mol. The summed E-state index contributed by atoms with van der Waals surface area (Å²) < 4.78 is 2.16. The van der Waals surface area contributed by atoms with Gasteiger partial charge in [-0.2, -0.15) is 0 Å². The number of hydrogen-bond acceptors (Lipinski definition) is 2. The summed E-state index contributed by atoms with van der Waals surface area (Å²) in [4.78, 5) is 28.6. The number of carbonyl (C=O) groups excluding carboxylic acids is 2. The molecule has 0 aliphatic carbocycles. The summed E-state index contributed by atoms with van der Waals surface area (Å²) in [6.45, 7) is 4.33.